The maximum Gasteiger partial charge on any atom is 0.263 e. The van der Waals surface area contributed by atoms with Crippen LogP contribution in [0.4, 0.5) is 5.69 Å². The molecule has 1 N–H and O–H groups in total. The summed E-state index contributed by atoms with van der Waals surface area (Å²) < 4.78 is 43.7. The lowest BCUT2D eigenvalue weighted by molar-refractivity contribution is 0.104. The average Bonchev–Trinajstić information content (AvgIpc) is 2.83. The topological polar surface area (TPSA) is 90.9 Å². The third kappa shape index (κ3) is 5.64. The first kappa shape index (κ1) is 25.4. The van der Waals surface area contributed by atoms with Crippen molar-refractivity contribution in [2.45, 2.75) is 4.90 Å². The van der Waals surface area contributed by atoms with Crippen molar-refractivity contribution in [2.75, 3.05) is 26.1 Å². The van der Waals surface area contributed by atoms with Gasteiger partial charge < -0.3 is 14.2 Å². The van der Waals surface area contributed by atoms with Crippen LogP contribution in [0.3, 0.4) is 0 Å². The first-order chi connectivity index (χ1) is 16.2. The fourth-order valence-electron chi connectivity index (χ4n) is 3.11. The van der Waals surface area contributed by atoms with Gasteiger partial charge in [0.2, 0.25) is 5.75 Å². The first-order valence-corrected chi connectivity index (χ1v) is 12.0. The van der Waals surface area contributed by atoms with Crippen molar-refractivity contribution in [3.63, 3.8) is 0 Å². The molecule has 0 atom stereocenters. The molecule has 0 heterocycles. The zero-order valence-corrected chi connectivity index (χ0v) is 20.8. The highest BCUT2D eigenvalue weighted by molar-refractivity contribution is 7.92. The molecule has 10 heteroatoms. The lowest BCUT2D eigenvalue weighted by Crippen LogP contribution is -2.13. The van der Waals surface area contributed by atoms with E-state index in [2.05, 4.69) is 4.72 Å². The molecule has 0 aliphatic heterocycles. The Hall–Kier alpha value is -3.20. The van der Waals surface area contributed by atoms with E-state index in [1.165, 1.54) is 69.9 Å². The molecule has 0 spiro atoms. The molecule has 0 aliphatic rings. The number of anilines is 1. The predicted molar refractivity (Wildman–Crippen MR) is 133 cm³/mol. The van der Waals surface area contributed by atoms with Crippen LogP contribution in [0.5, 0.6) is 17.2 Å². The van der Waals surface area contributed by atoms with Crippen molar-refractivity contribution in [2.24, 2.45) is 0 Å². The zero-order chi connectivity index (χ0) is 24.9. The van der Waals surface area contributed by atoms with Crippen LogP contribution < -0.4 is 18.9 Å². The van der Waals surface area contributed by atoms with Gasteiger partial charge in [-0.05, 0) is 66.7 Å². The third-order valence-corrected chi connectivity index (χ3v) is 6.85. The lowest BCUT2D eigenvalue weighted by atomic mass is 10.1. The highest BCUT2D eigenvalue weighted by atomic mass is 35.5. The highest BCUT2D eigenvalue weighted by Gasteiger charge is 2.19. The molecule has 3 rings (SSSR count). The van der Waals surface area contributed by atoms with Crippen LogP contribution in [0.25, 0.3) is 6.08 Å². The molecule has 178 valence electrons. The second-order valence-corrected chi connectivity index (χ2v) is 9.37. The van der Waals surface area contributed by atoms with Gasteiger partial charge in [-0.15, -0.1) is 0 Å². The van der Waals surface area contributed by atoms with Gasteiger partial charge in [0, 0.05) is 21.8 Å². The number of rotatable bonds is 9. The van der Waals surface area contributed by atoms with E-state index in [0.29, 0.717) is 28.4 Å². The van der Waals surface area contributed by atoms with Gasteiger partial charge in [0.25, 0.3) is 10.0 Å². The fraction of sp³-hybridized carbons (Fsp3) is 0.125. The Bertz CT molecular complexity index is 1340. The number of methoxy groups -OCH3 is 3. The maximum absolute atomic E-state index is 12.6. The van der Waals surface area contributed by atoms with E-state index in [-0.39, 0.29) is 26.4 Å². The van der Waals surface area contributed by atoms with Crippen molar-refractivity contribution < 1.29 is 27.4 Å². The summed E-state index contributed by atoms with van der Waals surface area (Å²) in [5, 5.41) is 0.281. The quantitative estimate of drug-likeness (QED) is 0.286. The zero-order valence-electron chi connectivity index (χ0n) is 18.5. The summed E-state index contributed by atoms with van der Waals surface area (Å²) in [6, 6.07) is 13.6. The minimum atomic E-state index is -3.97. The standard InChI is InChI=1S/C24H21Cl2NO6S/c1-31-21-13-7-16(23(32-2)24(21)33-3)6-12-20(28)15-4-9-18(10-5-15)27-34(29,30)22-14-17(25)8-11-19(22)26/h4-14,27H,1-3H3/b12-6+. The van der Waals surface area contributed by atoms with E-state index < -0.39 is 10.0 Å². The molecule has 3 aromatic carbocycles. The molecule has 34 heavy (non-hydrogen) atoms. The first-order valence-electron chi connectivity index (χ1n) is 9.79. The van der Waals surface area contributed by atoms with Gasteiger partial charge in [-0.25, -0.2) is 8.42 Å². The molecule has 0 unspecified atom stereocenters. The molecule has 0 saturated heterocycles. The number of sulfonamides is 1. The van der Waals surface area contributed by atoms with Gasteiger partial charge in [0.05, 0.1) is 26.4 Å². The third-order valence-electron chi connectivity index (χ3n) is 4.75. The summed E-state index contributed by atoms with van der Waals surface area (Å²) in [6.07, 6.45) is 2.98. The minimum Gasteiger partial charge on any atom is -0.493 e. The summed E-state index contributed by atoms with van der Waals surface area (Å²) in [7, 11) is 0.538. The number of halogens is 2. The van der Waals surface area contributed by atoms with E-state index in [1.807, 2.05) is 0 Å². The Morgan fingerprint density at radius 2 is 1.56 bits per heavy atom. The molecule has 0 fully saturated rings. The number of benzene rings is 3. The van der Waals surface area contributed by atoms with Gasteiger partial charge in [-0.1, -0.05) is 23.2 Å². The van der Waals surface area contributed by atoms with Crippen molar-refractivity contribution >= 4 is 50.8 Å². The Balaban J connectivity index is 1.78. The number of hydrogen-bond acceptors (Lipinski definition) is 6. The highest BCUT2D eigenvalue weighted by Crippen LogP contribution is 2.40. The minimum absolute atomic E-state index is 0.0411. The molecule has 7 nitrogen and oxygen atoms in total. The van der Waals surface area contributed by atoms with Crippen molar-refractivity contribution in [3.8, 4) is 17.2 Å². The van der Waals surface area contributed by atoms with Gasteiger partial charge in [-0.2, -0.15) is 0 Å². The number of ketones is 1. The van der Waals surface area contributed by atoms with Gasteiger partial charge >= 0.3 is 0 Å². The number of carbonyl (C=O) groups excluding carboxylic acids is 1. The Morgan fingerprint density at radius 1 is 0.882 bits per heavy atom. The molecular weight excluding hydrogens is 501 g/mol. The predicted octanol–water partition coefficient (Wildman–Crippen LogP) is 5.72. The van der Waals surface area contributed by atoms with E-state index in [1.54, 1.807) is 18.2 Å². The molecule has 0 amide bonds. The number of ether oxygens (including phenoxy) is 3. The van der Waals surface area contributed by atoms with E-state index in [0.717, 1.165) is 0 Å². The van der Waals surface area contributed by atoms with Crippen LogP contribution in [-0.4, -0.2) is 35.5 Å². The number of hydrogen-bond donors (Lipinski definition) is 1. The molecule has 0 aromatic heterocycles. The summed E-state index contributed by atoms with van der Waals surface area (Å²) in [5.74, 6) is 1.05. The average molecular weight is 522 g/mol. The largest absolute Gasteiger partial charge is 0.493 e. The maximum atomic E-state index is 12.6. The number of allylic oxidation sites excluding steroid dienone is 1. The number of nitrogens with one attached hydrogen (secondary N) is 1. The second kappa shape index (κ2) is 10.8. The van der Waals surface area contributed by atoms with Crippen LogP contribution in [0.15, 0.2) is 65.6 Å². The second-order valence-electron chi connectivity index (χ2n) is 6.88. The Morgan fingerprint density at radius 3 is 2.18 bits per heavy atom. The molecule has 0 saturated carbocycles. The van der Waals surface area contributed by atoms with Crippen LogP contribution in [0.1, 0.15) is 15.9 Å². The summed E-state index contributed by atoms with van der Waals surface area (Å²) in [5.41, 5.74) is 1.24. The van der Waals surface area contributed by atoms with Crippen molar-refractivity contribution in [1.82, 2.24) is 0 Å². The van der Waals surface area contributed by atoms with E-state index in [9.17, 15) is 13.2 Å². The van der Waals surface area contributed by atoms with Gasteiger partial charge in [0.15, 0.2) is 17.3 Å². The smallest absolute Gasteiger partial charge is 0.263 e. The van der Waals surface area contributed by atoms with Crippen molar-refractivity contribution in [1.29, 1.82) is 0 Å². The monoisotopic (exact) mass is 521 g/mol. The van der Waals surface area contributed by atoms with Crippen LogP contribution in [0, 0.1) is 0 Å². The molecular formula is C24H21Cl2NO6S. The van der Waals surface area contributed by atoms with Gasteiger partial charge in [0.1, 0.15) is 4.90 Å². The molecule has 0 radical (unpaired) electrons. The summed E-state index contributed by atoms with van der Waals surface area (Å²) >= 11 is 11.9. The lowest BCUT2D eigenvalue weighted by Gasteiger charge is -2.13. The van der Waals surface area contributed by atoms with Crippen molar-refractivity contribution in [3.05, 3.63) is 81.8 Å². The Labute approximate surface area is 207 Å². The summed E-state index contributed by atoms with van der Waals surface area (Å²) in [6.45, 7) is 0. The van der Waals surface area contributed by atoms with Crippen LogP contribution in [-0.2, 0) is 10.0 Å². The van der Waals surface area contributed by atoms with Gasteiger partial charge in [-0.3, -0.25) is 9.52 Å². The fourth-order valence-corrected chi connectivity index (χ4v) is 4.94. The SMILES string of the molecule is COc1ccc(/C=C/C(=O)c2ccc(NS(=O)(=O)c3cc(Cl)ccc3Cl)cc2)c(OC)c1OC. The van der Waals surface area contributed by atoms with E-state index in [4.69, 9.17) is 37.4 Å². The summed E-state index contributed by atoms with van der Waals surface area (Å²) in [4.78, 5) is 12.5. The van der Waals surface area contributed by atoms with Crippen LogP contribution >= 0.6 is 23.2 Å². The molecule has 0 bridgehead atoms. The Kier molecular flexibility index (Phi) is 8.09. The normalized spacial score (nSPS) is 11.3. The number of carbonyl (C=O) groups is 1. The molecule has 0 aliphatic carbocycles. The van der Waals surface area contributed by atoms with E-state index >= 15 is 0 Å². The van der Waals surface area contributed by atoms with Crippen LogP contribution in [0.2, 0.25) is 10.0 Å². The molecule has 3 aromatic rings.